The molecule has 2 aromatic carbocycles. The number of thiocarbonyl (C=S) groups is 1. The second-order valence-corrected chi connectivity index (χ2v) is 6.64. The first-order chi connectivity index (χ1) is 12.1. The summed E-state index contributed by atoms with van der Waals surface area (Å²) in [5, 5.41) is 16.3. The number of carbonyl (C=O) groups is 1. The van der Waals surface area contributed by atoms with Crippen molar-refractivity contribution in [3.8, 4) is 0 Å². The number of nitro benzene ring substituents is 1. The van der Waals surface area contributed by atoms with Gasteiger partial charge in [-0.05, 0) is 29.9 Å². The van der Waals surface area contributed by atoms with E-state index in [2.05, 4.69) is 5.10 Å². The highest BCUT2D eigenvalue weighted by Gasteiger charge is 2.32. The number of nitrogens with zero attached hydrogens (tertiary/aromatic N) is 3. The van der Waals surface area contributed by atoms with Gasteiger partial charge in [-0.1, -0.05) is 54.2 Å². The van der Waals surface area contributed by atoms with E-state index < -0.39 is 10.8 Å². The van der Waals surface area contributed by atoms with Crippen LogP contribution in [-0.4, -0.2) is 26.4 Å². The minimum atomic E-state index is -0.486. The average molecular weight is 369 g/mol. The maximum absolute atomic E-state index is 12.5. The van der Waals surface area contributed by atoms with E-state index in [1.54, 1.807) is 24.4 Å². The van der Waals surface area contributed by atoms with Crippen LogP contribution in [0, 0.1) is 10.1 Å². The lowest BCUT2D eigenvalue weighted by Gasteiger charge is -2.05. The molecule has 0 aliphatic carbocycles. The summed E-state index contributed by atoms with van der Waals surface area (Å²) in [7, 11) is 0. The summed E-state index contributed by atoms with van der Waals surface area (Å²) in [6.45, 7) is 0. The van der Waals surface area contributed by atoms with E-state index in [0.29, 0.717) is 10.5 Å². The van der Waals surface area contributed by atoms with Crippen molar-refractivity contribution in [2.45, 2.75) is 0 Å². The zero-order chi connectivity index (χ0) is 17.8. The number of para-hydroxylation sites is 1. The van der Waals surface area contributed by atoms with Crippen molar-refractivity contribution in [3.63, 3.8) is 0 Å². The number of amides is 1. The van der Waals surface area contributed by atoms with Crippen LogP contribution in [0.5, 0.6) is 0 Å². The van der Waals surface area contributed by atoms with E-state index in [1.165, 1.54) is 12.1 Å². The van der Waals surface area contributed by atoms with Gasteiger partial charge in [0.1, 0.15) is 0 Å². The van der Waals surface area contributed by atoms with Crippen LogP contribution in [0.3, 0.4) is 0 Å². The standard InChI is InChI=1S/C17H11N3O3S2/c21-16-15(10-13-8-4-5-9-14(13)20(22)23)25-17(24)19(16)18-11-12-6-2-1-3-7-12/h1-11H. The quantitative estimate of drug-likeness (QED) is 0.269. The molecular formula is C17H11N3O3S2. The number of rotatable bonds is 4. The molecule has 0 N–H and O–H groups in total. The third kappa shape index (κ3) is 3.81. The monoisotopic (exact) mass is 369 g/mol. The highest BCUT2D eigenvalue weighted by molar-refractivity contribution is 8.26. The van der Waals surface area contributed by atoms with Gasteiger partial charge in [0.05, 0.1) is 21.6 Å². The van der Waals surface area contributed by atoms with E-state index in [4.69, 9.17) is 12.2 Å². The van der Waals surface area contributed by atoms with Crippen molar-refractivity contribution in [1.29, 1.82) is 0 Å². The van der Waals surface area contributed by atoms with Crippen LogP contribution in [0.2, 0.25) is 0 Å². The molecule has 0 bridgehead atoms. The molecule has 124 valence electrons. The molecule has 1 saturated heterocycles. The lowest BCUT2D eigenvalue weighted by Crippen LogP contribution is -2.22. The summed E-state index contributed by atoms with van der Waals surface area (Å²) in [6.07, 6.45) is 3.01. The van der Waals surface area contributed by atoms with Gasteiger partial charge in [0.15, 0.2) is 4.32 Å². The SMILES string of the molecule is O=C1C(=Cc2ccccc2[N+](=O)[O-])SC(=S)N1N=Cc1ccccc1. The smallest absolute Gasteiger partial charge is 0.266 e. The van der Waals surface area contributed by atoms with Crippen molar-refractivity contribution in [3.05, 3.63) is 80.7 Å². The first-order valence-electron chi connectivity index (χ1n) is 7.16. The Morgan fingerprint density at radius 3 is 2.52 bits per heavy atom. The number of hydrogen-bond acceptors (Lipinski definition) is 6. The van der Waals surface area contributed by atoms with Gasteiger partial charge in [-0.25, -0.2) is 0 Å². The van der Waals surface area contributed by atoms with Gasteiger partial charge in [-0.15, -0.1) is 0 Å². The normalized spacial score (nSPS) is 16.2. The summed E-state index contributed by atoms with van der Waals surface area (Å²) >= 11 is 6.25. The molecule has 0 unspecified atom stereocenters. The summed E-state index contributed by atoms with van der Waals surface area (Å²) in [6, 6.07) is 15.5. The topological polar surface area (TPSA) is 75.8 Å². The zero-order valence-corrected chi connectivity index (χ0v) is 14.4. The molecular weight excluding hydrogens is 358 g/mol. The highest BCUT2D eigenvalue weighted by atomic mass is 32.2. The molecule has 2 aromatic rings. The molecule has 0 saturated carbocycles. The second kappa shape index (κ2) is 7.37. The molecule has 1 amide bonds. The maximum Gasteiger partial charge on any atom is 0.286 e. The minimum Gasteiger partial charge on any atom is -0.266 e. The molecule has 1 fully saturated rings. The molecule has 0 atom stereocenters. The summed E-state index contributed by atoms with van der Waals surface area (Å²) in [5.41, 5.74) is 1.11. The van der Waals surface area contributed by atoms with Crippen LogP contribution in [0.15, 0.2) is 64.6 Å². The van der Waals surface area contributed by atoms with E-state index in [0.717, 1.165) is 22.3 Å². The van der Waals surface area contributed by atoms with Crippen LogP contribution in [0.1, 0.15) is 11.1 Å². The van der Waals surface area contributed by atoms with Crippen molar-refractivity contribution >= 4 is 52.2 Å². The molecule has 1 heterocycles. The number of thioether (sulfide) groups is 1. The molecule has 6 nitrogen and oxygen atoms in total. The van der Waals surface area contributed by atoms with E-state index in [9.17, 15) is 14.9 Å². The van der Waals surface area contributed by atoms with Gasteiger partial charge in [0, 0.05) is 6.07 Å². The number of nitro groups is 1. The third-order valence-corrected chi connectivity index (χ3v) is 4.60. The van der Waals surface area contributed by atoms with Gasteiger partial charge in [0.2, 0.25) is 0 Å². The predicted octanol–water partition coefficient (Wildman–Crippen LogP) is 3.83. The Labute approximate surface area is 153 Å². The first-order valence-corrected chi connectivity index (χ1v) is 8.39. The summed E-state index contributed by atoms with van der Waals surface area (Å²) in [5.74, 6) is -0.402. The number of hydrogen-bond donors (Lipinski definition) is 0. The van der Waals surface area contributed by atoms with Gasteiger partial charge < -0.3 is 0 Å². The Morgan fingerprint density at radius 1 is 1.12 bits per heavy atom. The summed E-state index contributed by atoms with van der Waals surface area (Å²) < 4.78 is 0.280. The lowest BCUT2D eigenvalue weighted by atomic mass is 10.1. The van der Waals surface area contributed by atoms with Gasteiger partial charge >= 0.3 is 0 Å². The van der Waals surface area contributed by atoms with Crippen LogP contribution < -0.4 is 0 Å². The Morgan fingerprint density at radius 2 is 1.80 bits per heavy atom. The van der Waals surface area contributed by atoms with Gasteiger partial charge in [-0.3, -0.25) is 14.9 Å². The van der Waals surface area contributed by atoms with Crippen LogP contribution in [0.25, 0.3) is 6.08 Å². The van der Waals surface area contributed by atoms with Crippen molar-refractivity contribution in [2.75, 3.05) is 0 Å². The number of benzene rings is 2. The molecule has 0 radical (unpaired) electrons. The Hall–Kier alpha value is -2.84. The van der Waals surface area contributed by atoms with E-state index >= 15 is 0 Å². The molecule has 25 heavy (non-hydrogen) atoms. The minimum absolute atomic E-state index is 0.0689. The fraction of sp³-hybridized carbons (Fsp3) is 0. The molecule has 0 aromatic heterocycles. The van der Waals surface area contributed by atoms with E-state index in [-0.39, 0.29) is 10.0 Å². The van der Waals surface area contributed by atoms with Crippen LogP contribution in [-0.2, 0) is 4.79 Å². The van der Waals surface area contributed by atoms with Crippen molar-refractivity contribution in [1.82, 2.24) is 5.01 Å². The fourth-order valence-corrected chi connectivity index (χ4v) is 3.30. The Kier molecular flexibility index (Phi) is 5.01. The lowest BCUT2D eigenvalue weighted by molar-refractivity contribution is -0.385. The average Bonchev–Trinajstić information content (AvgIpc) is 2.88. The Bertz CT molecular complexity index is 910. The first kappa shape index (κ1) is 17.0. The van der Waals surface area contributed by atoms with Crippen LogP contribution in [0.4, 0.5) is 5.69 Å². The predicted molar refractivity (Wildman–Crippen MR) is 102 cm³/mol. The zero-order valence-electron chi connectivity index (χ0n) is 12.7. The van der Waals surface area contributed by atoms with Crippen LogP contribution >= 0.6 is 24.0 Å². The summed E-state index contributed by atoms with van der Waals surface area (Å²) in [4.78, 5) is 23.4. The van der Waals surface area contributed by atoms with Crippen molar-refractivity contribution < 1.29 is 9.72 Å². The largest absolute Gasteiger partial charge is 0.286 e. The second-order valence-electron chi connectivity index (χ2n) is 4.96. The maximum atomic E-state index is 12.5. The molecule has 3 rings (SSSR count). The van der Waals surface area contributed by atoms with Crippen molar-refractivity contribution in [2.24, 2.45) is 5.10 Å². The Balaban J connectivity index is 1.87. The highest BCUT2D eigenvalue weighted by Crippen LogP contribution is 2.34. The van der Waals surface area contributed by atoms with Gasteiger partial charge in [-0.2, -0.15) is 10.1 Å². The van der Waals surface area contributed by atoms with Gasteiger partial charge in [0.25, 0.3) is 11.6 Å². The number of hydrazone groups is 1. The number of carbonyl (C=O) groups excluding carboxylic acids is 1. The molecule has 8 heteroatoms. The fourth-order valence-electron chi connectivity index (χ4n) is 2.14. The molecule has 1 aliphatic heterocycles. The molecule has 1 aliphatic rings. The third-order valence-electron chi connectivity index (χ3n) is 3.32. The van der Waals surface area contributed by atoms with E-state index in [1.807, 2.05) is 30.3 Å². The molecule has 0 spiro atoms.